The van der Waals surface area contributed by atoms with Crippen LogP contribution in [-0.2, 0) is 13.1 Å². The summed E-state index contributed by atoms with van der Waals surface area (Å²) in [6.07, 6.45) is 3.71. The van der Waals surface area contributed by atoms with Crippen LogP contribution in [0.1, 0.15) is 25.9 Å². The number of nitrogens with zero attached hydrogens (tertiary/aromatic N) is 3. The Hall–Kier alpha value is -2.60. The second-order valence-corrected chi connectivity index (χ2v) is 7.71. The standard InChI is InChI=1S/C20H24N4OS/c1-15-7-8-19(26-15)14-22-18-6-4-5-17(13-18)20(25)23(3)11-12-24-10-9-21-16(24)2/h4-10,13,22H,11-12,14H2,1-3H3. The van der Waals surface area contributed by atoms with Crippen LogP contribution in [0.4, 0.5) is 5.69 Å². The Balaban J connectivity index is 1.59. The van der Waals surface area contributed by atoms with Gasteiger partial charge in [-0.05, 0) is 44.2 Å². The first kappa shape index (κ1) is 18.2. The quantitative estimate of drug-likeness (QED) is 0.687. The molecule has 0 bridgehead atoms. The van der Waals surface area contributed by atoms with Gasteiger partial charge in [-0.1, -0.05) is 6.07 Å². The molecule has 0 radical (unpaired) electrons. The maximum atomic E-state index is 12.7. The topological polar surface area (TPSA) is 50.2 Å². The largest absolute Gasteiger partial charge is 0.380 e. The molecule has 0 saturated heterocycles. The van der Waals surface area contributed by atoms with Crippen LogP contribution in [0.5, 0.6) is 0 Å². The first-order valence-corrected chi connectivity index (χ1v) is 9.47. The number of nitrogens with one attached hydrogen (secondary N) is 1. The third kappa shape index (κ3) is 4.52. The Labute approximate surface area is 158 Å². The van der Waals surface area contributed by atoms with Crippen LogP contribution in [-0.4, -0.2) is 34.0 Å². The zero-order valence-electron chi connectivity index (χ0n) is 15.4. The number of hydrogen-bond acceptors (Lipinski definition) is 4. The van der Waals surface area contributed by atoms with Gasteiger partial charge in [0.1, 0.15) is 5.82 Å². The van der Waals surface area contributed by atoms with Gasteiger partial charge in [-0.3, -0.25) is 4.79 Å². The van der Waals surface area contributed by atoms with Gasteiger partial charge >= 0.3 is 0 Å². The van der Waals surface area contributed by atoms with Crippen molar-refractivity contribution in [3.8, 4) is 0 Å². The molecule has 0 atom stereocenters. The van der Waals surface area contributed by atoms with Crippen molar-refractivity contribution in [2.75, 3.05) is 18.9 Å². The summed E-state index contributed by atoms with van der Waals surface area (Å²) in [6.45, 7) is 6.22. The molecule has 0 aliphatic heterocycles. The minimum atomic E-state index is 0.0263. The van der Waals surface area contributed by atoms with E-state index >= 15 is 0 Å². The molecular formula is C20H24N4OS. The zero-order chi connectivity index (χ0) is 18.5. The van der Waals surface area contributed by atoms with Crippen molar-refractivity contribution >= 4 is 22.9 Å². The normalized spacial score (nSPS) is 10.7. The summed E-state index contributed by atoms with van der Waals surface area (Å²) in [5.74, 6) is 0.985. The number of aromatic nitrogens is 2. The second kappa shape index (κ2) is 8.19. The molecule has 0 aliphatic carbocycles. The lowest BCUT2D eigenvalue weighted by molar-refractivity contribution is 0.0790. The summed E-state index contributed by atoms with van der Waals surface area (Å²) >= 11 is 1.78. The lowest BCUT2D eigenvalue weighted by Gasteiger charge is -2.18. The fraction of sp³-hybridized carbons (Fsp3) is 0.300. The van der Waals surface area contributed by atoms with Gasteiger partial charge in [0.15, 0.2) is 0 Å². The van der Waals surface area contributed by atoms with Crippen LogP contribution in [0.25, 0.3) is 0 Å². The van der Waals surface area contributed by atoms with Gasteiger partial charge in [-0.25, -0.2) is 4.98 Å². The average Bonchev–Trinajstić information content (AvgIpc) is 3.25. The van der Waals surface area contributed by atoms with E-state index in [0.717, 1.165) is 24.6 Å². The zero-order valence-corrected chi connectivity index (χ0v) is 16.2. The molecule has 1 N–H and O–H groups in total. The first-order valence-electron chi connectivity index (χ1n) is 8.65. The third-order valence-electron chi connectivity index (χ3n) is 4.32. The molecule has 0 fully saturated rings. The van der Waals surface area contributed by atoms with E-state index in [0.29, 0.717) is 12.1 Å². The maximum Gasteiger partial charge on any atom is 0.253 e. The van der Waals surface area contributed by atoms with Gasteiger partial charge in [0.05, 0.1) is 0 Å². The molecule has 0 spiro atoms. The van der Waals surface area contributed by atoms with Crippen molar-refractivity contribution in [2.45, 2.75) is 26.9 Å². The molecular weight excluding hydrogens is 344 g/mol. The fourth-order valence-electron chi connectivity index (χ4n) is 2.75. The number of hydrogen-bond donors (Lipinski definition) is 1. The van der Waals surface area contributed by atoms with Gasteiger partial charge < -0.3 is 14.8 Å². The predicted molar refractivity (Wildman–Crippen MR) is 107 cm³/mol. The fourth-order valence-corrected chi connectivity index (χ4v) is 3.58. The highest BCUT2D eigenvalue weighted by atomic mass is 32.1. The van der Waals surface area contributed by atoms with Gasteiger partial charge in [0.2, 0.25) is 0 Å². The molecule has 5 nitrogen and oxygen atoms in total. The van der Waals surface area contributed by atoms with Crippen molar-refractivity contribution in [1.29, 1.82) is 0 Å². The molecule has 1 aromatic carbocycles. The van der Waals surface area contributed by atoms with E-state index in [-0.39, 0.29) is 5.91 Å². The summed E-state index contributed by atoms with van der Waals surface area (Å²) in [5, 5.41) is 3.40. The van der Waals surface area contributed by atoms with E-state index in [1.165, 1.54) is 9.75 Å². The summed E-state index contributed by atoms with van der Waals surface area (Å²) in [6, 6.07) is 11.9. The molecule has 1 amide bonds. The minimum Gasteiger partial charge on any atom is -0.380 e. The van der Waals surface area contributed by atoms with Crippen LogP contribution in [0, 0.1) is 13.8 Å². The van der Waals surface area contributed by atoms with E-state index in [1.54, 1.807) is 22.4 Å². The molecule has 3 aromatic rings. The lowest BCUT2D eigenvalue weighted by atomic mass is 10.1. The van der Waals surface area contributed by atoms with Gasteiger partial charge in [-0.15, -0.1) is 11.3 Å². The number of carbonyl (C=O) groups is 1. The van der Waals surface area contributed by atoms with E-state index < -0.39 is 0 Å². The summed E-state index contributed by atoms with van der Waals surface area (Å²) < 4.78 is 2.05. The highest BCUT2D eigenvalue weighted by Gasteiger charge is 2.12. The average molecular weight is 369 g/mol. The van der Waals surface area contributed by atoms with Crippen LogP contribution in [0.3, 0.4) is 0 Å². The molecule has 26 heavy (non-hydrogen) atoms. The molecule has 2 heterocycles. The van der Waals surface area contributed by atoms with Crippen molar-refractivity contribution < 1.29 is 4.79 Å². The molecule has 3 rings (SSSR count). The highest BCUT2D eigenvalue weighted by molar-refractivity contribution is 7.11. The van der Waals surface area contributed by atoms with Crippen LogP contribution < -0.4 is 5.32 Å². The number of benzene rings is 1. The van der Waals surface area contributed by atoms with Crippen LogP contribution in [0.15, 0.2) is 48.8 Å². The first-order chi connectivity index (χ1) is 12.5. The van der Waals surface area contributed by atoms with E-state index in [4.69, 9.17) is 0 Å². The smallest absolute Gasteiger partial charge is 0.253 e. The van der Waals surface area contributed by atoms with E-state index in [9.17, 15) is 4.79 Å². The summed E-state index contributed by atoms with van der Waals surface area (Å²) in [4.78, 5) is 21.2. The third-order valence-corrected chi connectivity index (χ3v) is 5.32. The Morgan fingerprint density at radius 2 is 2.12 bits per heavy atom. The van der Waals surface area contributed by atoms with Crippen molar-refractivity contribution in [3.63, 3.8) is 0 Å². The van der Waals surface area contributed by atoms with Gasteiger partial charge in [0, 0.05) is 60.1 Å². The number of carbonyl (C=O) groups excluding carboxylic acids is 1. The predicted octanol–water partition coefficient (Wildman–Crippen LogP) is 3.95. The Morgan fingerprint density at radius 3 is 2.81 bits per heavy atom. The number of anilines is 1. The van der Waals surface area contributed by atoms with Crippen molar-refractivity contribution in [1.82, 2.24) is 14.5 Å². The maximum absolute atomic E-state index is 12.7. The van der Waals surface area contributed by atoms with Crippen molar-refractivity contribution in [2.24, 2.45) is 0 Å². The minimum absolute atomic E-state index is 0.0263. The molecule has 0 unspecified atom stereocenters. The number of imidazole rings is 1. The molecule has 0 aliphatic rings. The second-order valence-electron chi connectivity index (χ2n) is 6.34. The van der Waals surface area contributed by atoms with Crippen LogP contribution in [0.2, 0.25) is 0 Å². The molecule has 2 aromatic heterocycles. The van der Waals surface area contributed by atoms with Gasteiger partial charge in [0.25, 0.3) is 5.91 Å². The number of aryl methyl sites for hydroxylation is 2. The number of rotatable bonds is 7. The lowest BCUT2D eigenvalue weighted by Crippen LogP contribution is -2.30. The molecule has 0 saturated carbocycles. The Bertz CT molecular complexity index is 883. The monoisotopic (exact) mass is 368 g/mol. The highest BCUT2D eigenvalue weighted by Crippen LogP contribution is 2.18. The van der Waals surface area contributed by atoms with E-state index in [1.807, 2.05) is 49.0 Å². The Kier molecular flexibility index (Phi) is 5.73. The summed E-state index contributed by atoms with van der Waals surface area (Å²) in [5.41, 5.74) is 1.66. The number of likely N-dealkylation sites (N-methyl/N-ethyl adjacent to an activating group) is 1. The van der Waals surface area contributed by atoms with E-state index in [2.05, 4.69) is 29.4 Å². The van der Waals surface area contributed by atoms with Crippen molar-refractivity contribution in [3.05, 3.63) is 69.9 Å². The SMILES string of the molecule is Cc1ccc(CNc2cccc(C(=O)N(C)CCn3ccnc3C)c2)s1. The molecule has 136 valence electrons. The van der Waals surface area contributed by atoms with Gasteiger partial charge in [-0.2, -0.15) is 0 Å². The van der Waals surface area contributed by atoms with Crippen LogP contribution >= 0.6 is 11.3 Å². The number of amides is 1. The molecule has 6 heteroatoms. The summed E-state index contributed by atoms with van der Waals surface area (Å²) in [7, 11) is 1.84. The Morgan fingerprint density at radius 1 is 1.27 bits per heavy atom. The number of thiophene rings is 1.